The van der Waals surface area contributed by atoms with Crippen LogP contribution in [-0.4, -0.2) is 6.61 Å². The Morgan fingerprint density at radius 3 is 2.53 bits per heavy atom. The normalized spacial score (nSPS) is 9.93. The summed E-state index contributed by atoms with van der Waals surface area (Å²) in [6.07, 6.45) is 6.34. The summed E-state index contributed by atoms with van der Waals surface area (Å²) in [5.74, 6) is 0.508. The Labute approximate surface area is 90.6 Å². The Kier molecular flexibility index (Phi) is 5.52. The van der Waals surface area contributed by atoms with Crippen molar-refractivity contribution in [2.24, 2.45) is 0 Å². The molecule has 0 N–H and O–H groups in total. The van der Waals surface area contributed by atoms with Gasteiger partial charge in [0.25, 0.3) is 0 Å². The van der Waals surface area contributed by atoms with Crippen molar-refractivity contribution in [1.29, 1.82) is 0 Å². The van der Waals surface area contributed by atoms with Gasteiger partial charge < -0.3 is 4.74 Å². The van der Waals surface area contributed by atoms with Gasteiger partial charge in [-0.3, -0.25) is 0 Å². The minimum absolute atomic E-state index is 0.228. The van der Waals surface area contributed by atoms with Gasteiger partial charge in [0, 0.05) is 0 Å². The van der Waals surface area contributed by atoms with Crippen LogP contribution >= 0.6 is 0 Å². The van der Waals surface area contributed by atoms with Crippen LogP contribution in [0.4, 0.5) is 4.39 Å². The molecule has 0 fully saturated rings. The van der Waals surface area contributed by atoms with Crippen molar-refractivity contribution in [2.75, 3.05) is 6.61 Å². The van der Waals surface area contributed by atoms with Gasteiger partial charge in [-0.2, -0.15) is 0 Å². The van der Waals surface area contributed by atoms with Crippen LogP contribution in [0.15, 0.2) is 36.9 Å². The van der Waals surface area contributed by atoms with Crippen molar-refractivity contribution in [3.8, 4) is 5.75 Å². The van der Waals surface area contributed by atoms with Crippen molar-refractivity contribution >= 4 is 0 Å². The van der Waals surface area contributed by atoms with E-state index in [1.807, 2.05) is 6.08 Å². The van der Waals surface area contributed by atoms with Crippen LogP contribution in [0, 0.1) is 5.82 Å². The van der Waals surface area contributed by atoms with Gasteiger partial charge in [0.1, 0.15) is 11.6 Å². The van der Waals surface area contributed by atoms with Crippen molar-refractivity contribution < 1.29 is 9.13 Å². The molecule has 1 nitrogen and oxygen atoms in total. The van der Waals surface area contributed by atoms with Crippen molar-refractivity contribution in [2.45, 2.75) is 25.7 Å². The molecule has 0 aliphatic carbocycles. The van der Waals surface area contributed by atoms with Gasteiger partial charge >= 0.3 is 0 Å². The highest BCUT2D eigenvalue weighted by Gasteiger charge is 1.94. The predicted octanol–water partition coefficient (Wildman–Crippen LogP) is 3.95. The maximum Gasteiger partial charge on any atom is 0.123 e. The minimum atomic E-state index is -0.228. The Hall–Kier alpha value is -1.31. The van der Waals surface area contributed by atoms with Crippen LogP contribution in [-0.2, 0) is 0 Å². The quantitative estimate of drug-likeness (QED) is 0.487. The topological polar surface area (TPSA) is 9.23 Å². The molecule has 0 heterocycles. The summed E-state index contributed by atoms with van der Waals surface area (Å²) in [5.41, 5.74) is 0. The zero-order chi connectivity index (χ0) is 10.9. The lowest BCUT2D eigenvalue weighted by atomic mass is 10.2. The van der Waals surface area contributed by atoms with Gasteiger partial charge in [-0.15, -0.1) is 6.58 Å². The van der Waals surface area contributed by atoms with Crippen molar-refractivity contribution in [1.82, 2.24) is 0 Å². The van der Waals surface area contributed by atoms with E-state index in [2.05, 4.69) is 6.58 Å². The van der Waals surface area contributed by atoms with Gasteiger partial charge in [0.2, 0.25) is 0 Å². The lowest BCUT2D eigenvalue weighted by Gasteiger charge is -2.05. The van der Waals surface area contributed by atoms with Gasteiger partial charge in [-0.1, -0.05) is 6.08 Å². The van der Waals surface area contributed by atoms with E-state index in [0.29, 0.717) is 6.61 Å². The first-order valence-corrected chi connectivity index (χ1v) is 5.32. The number of hydrogen-bond acceptors (Lipinski definition) is 1. The highest BCUT2D eigenvalue weighted by molar-refractivity contribution is 5.21. The lowest BCUT2D eigenvalue weighted by Crippen LogP contribution is -1.96. The first kappa shape index (κ1) is 11.8. The zero-order valence-corrected chi connectivity index (χ0v) is 8.92. The Morgan fingerprint density at radius 1 is 1.13 bits per heavy atom. The second-order valence-corrected chi connectivity index (χ2v) is 3.44. The second-order valence-electron chi connectivity index (χ2n) is 3.44. The SMILES string of the molecule is C=CCCCCCOc1ccc(F)cc1. The van der Waals surface area contributed by atoms with Crippen LogP contribution in [0.5, 0.6) is 5.75 Å². The summed E-state index contributed by atoms with van der Waals surface area (Å²) >= 11 is 0. The summed E-state index contributed by atoms with van der Waals surface area (Å²) in [6.45, 7) is 4.36. The Bertz CT molecular complexity index is 279. The van der Waals surface area contributed by atoms with E-state index in [-0.39, 0.29) is 5.82 Å². The predicted molar refractivity (Wildman–Crippen MR) is 60.6 cm³/mol. The molecule has 0 unspecified atom stereocenters. The molecule has 0 saturated heterocycles. The van der Waals surface area contributed by atoms with E-state index in [4.69, 9.17) is 4.74 Å². The molecule has 0 amide bonds. The molecular weight excluding hydrogens is 191 g/mol. The molecule has 15 heavy (non-hydrogen) atoms. The maximum atomic E-state index is 12.5. The monoisotopic (exact) mass is 208 g/mol. The number of hydrogen-bond donors (Lipinski definition) is 0. The Morgan fingerprint density at radius 2 is 1.87 bits per heavy atom. The fraction of sp³-hybridized carbons (Fsp3) is 0.385. The summed E-state index contributed by atoms with van der Waals surface area (Å²) < 4.78 is 18.0. The van der Waals surface area contributed by atoms with E-state index < -0.39 is 0 Å². The molecule has 0 saturated carbocycles. The first-order valence-electron chi connectivity index (χ1n) is 5.32. The van der Waals surface area contributed by atoms with Gasteiger partial charge in [-0.25, -0.2) is 4.39 Å². The van der Waals surface area contributed by atoms with E-state index >= 15 is 0 Å². The standard InChI is InChI=1S/C13H17FO/c1-2-3-4-5-6-11-15-13-9-7-12(14)8-10-13/h2,7-10H,1,3-6,11H2. The van der Waals surface area contributed by atoms with Crippen LogP contribution in [0.3, 0.4) is 0 Å². The number of benzene rings is 1. The molecule has 0 radical (unpaired) electrons. The van der Waals surface area contributed by atoms with Crippen molar-refractivity contribution in [3.05, 3.63) is 42.7 Å². The number of allylic oxidation sites excluding steroid dienone is 1. The minimum Gasteiger partial charge on any atom is -0.494 e. The van der Waals surface area contributed by atoms with E-state index in [9.17, 15) is 4.39 Å². The molecule has 2 heteroatoms. The molecule has 1 aromatic rings. The number of unbranched alkanes of at least 4 members (excludes halogenated alkanes) is 3. The average Bonchev–Trinajstić information content (AvgIpc) is 2.26. The lowest BCUT2D eigenvalue weighted by molar-refractivity contribution is 0.305. The first-order chi connectivity index (χ1) is 7.33. The number of ether oxygens (including phenoxy) is 1. The molecule has 82 valence electrons. The van der Waals surface area contributed by atoms with E-state index in [0.717, 1.165) is 31.4 Å². The van der Waals surface area contributed by atoms with Crippen LogP contribution in [0.25, 0.3) is 0 Å². The molecule has 0 bridgehead atoms. The smallest absolute Gasteiger partial charge is 0.123 e. The van der Waals surface area contributed by atoms with Gasteiger partial charge in [0.15, 0.2) is 0 Å². The molecule has 0 aromatic heterocycles. The summed E-state index contributed by atoms with van der Waals surface area (Å²) in [4.78, 5) is 0. The van der Waals surface area contributed by atoms with E-state index in [1.54, 1.807) is 12.1 Å². The van der Waals surface area contributed by atoms with Crippen LogP contribution in [0.2, 0.25) is 0 Å². The third kappa shape index (κ3) is 5.21. The Balaban J connectivity index is 2.09. The molecular formula is C13H17FO. The third-order valence-corrected chi connectivity index (χ3v) is 2.13. The maximum absolute atomic E-state index is 12.5. The second kappa shape index (κ2) is 7.04. The highest BCUT2D eigenvalue weighted by atomic mass is 19.1. The van der Waals surface area contributed by atoms with E-state index in [1.165, 1.54) is 12.1 Å². The molecule has 0 spiro atoms. The molecule has 0 aliphatic rings. The highest BCUT2D eigenvalue weighted by Crippen LogP contribution is 2.11. The fourth-order valence-electron chi connectivity index (χ4n) is 1.29. The summed E-state index contributed by atoms with van der Waals surface area (Å²) in [6, 6.07) is 6.12. The summed E-state index contributed by atoms with van der Waals surface area (Å²) in [5, 5.41) is 0. The van der Waals surface area contributed by atoms with Crippen molar-refractivity contribution in [3.63, 3.8) is 0 Å². The summed E-state index contributed by atoms with van der Waals surface area (Å²) in [7, 11) is 0. The number of rotatable bonds is 7. The largest absolute Gasteiger partial charge is 0.494 e. The fourth-order valence-corrected chi connectivity index (χ4v) is 1.29. The van der Waals surface area contributed by atoms with Gasteiger partial charge in [-0.05, 0) is 49.9 Å². The average molecular weight is 208 g/mol. The third-order valence-electron chi connectivity index (χ3n) is 2.13. The van der Waals surface area contributed by atoms with Crippen LogP contribution in [0.1, 0.15) is 25.7 Å². The zero-order valence-electron chi connectivity index (χ0n) is 8.92. The molecule has 1 rings (SSSR count). The number of halogens is 1. The van der Waals surface area contributed by atoms with Gasteiger partial charge in [0.05, 0.1) is 6.61 Å². The molecule has 0 atom stereocenters. The molecule has 0 aliphatic heterocycles. The van der Waals surface area contributed by atoms with Crippen LogP contribution < -0.4 is 4.74 Å². The molecule has 1 aromatic carbocycles.